The molecule has 0 heterocycles. The minimum absolute atomic E-state index is 0.973. The predicted octanol–water partition coefficient (Wildman–Crippen LogP) is 3.55. The second kappa shape index (κ2) is 8.46. The van der Waals surface area contributed by atoms with Crippen LogP contribution in [0, 0.1) is 11.8 Å². The molecule has 0 amide bonds. The molecule has 0 aromatic rings. The van der Waals surface area contributed by atoms with Crippen LogP contribution in [0.3, 0.4) is 0 Å². The molecule has 0 radical (unpaired) electrons. The minimum Gasteiger partial charge on any atom is -0.317 e. The zero-order valence-corrected chi connectivity index (χ0v) is 11.2. The third kappa shape index (κ3) is 5.26. The van der Waals surface area contributed by atoms with Gasteiger partial charge in [0.1, 0.15) is 0 Å². The van der Waals surface area contributed by atoms with E-state index in [2.05, 4.69) is 18.5 Å². The van der Waals surface area contributed by atoms with E-state index in [0.717, 1.165) is 18.4 Å². The molecule has 0 aromatic carbocycles. The smallest absolute Gasteiger partial charge is 0.00180 e. The molecule has 1 N–H and O–H groups in total. The van der Waals surface area contributed by atoms with Gasteiger partial charge in [0.25, 0.3) is 0 Å². The van der Waals surface area contributed by atoms with E-state index >= 15 is 0 Å². The Bertz CT molecular complexity index is 149. The summed E-state index contributed by atoms with van der Waals surface area (Å²) in [7, 11) is 0. The highest BCUT2D eigenvalue weighted by atomic mass is 32.2. The summed E-state index contributed by atoms with van der Waals surface area (Å²) in [4.78, 5) is 0. The van der Waals surface area contributed by atoms with E-state index < -0.39 is 0 Å². The summed E-state index contributed by atoms with van der Waals surface area (Å²) in [6, 6.07) is 0. The second-order valence-corrected chi connectivity index (χ2v) is 5.73. The van der Waals surface area contributed by atoms with E-state index in [9.17, 15) is 0 Å². The van der Waals surface area contributed by atoms with Crippen molar-refractivity contribution >= 4 is 11.8 Å². The van der Waals surface area contributed by atoms with Crippen molar-refractivity contribution in [1.82, 2.24) is 5.32 Å². The molecule has 0 aliphatic heterocycles. The largest absolute Gasteiger partial charge is 0.317 e. The summed E-state index contributed by atoms with van der Waals surface area (Å²) in [6.07, 6.45) is 11.0. The molecule has 90 valence electrons. The molecule has 2 heteroatoms. The summed E-state index contributed by atoms with van der Waals surface area (Å²) in [6.45, 7) is 4.61. The maximum atomic E-state index is 3.53. The SMILES string of the molecule is CCNCC1CCCCC1CCCSC. The molecule has 1 aliphatic carbocycles. The Balaban J connectivity index is 2.22. The van der Waals surface area contributed by atoms with E-state index in [0.29, 0.717) is 0 Å². The lowest BCUT2D eigenvalue weighted by Crippen LogP contribution is -2.30. The molecule has 0 saturated heterocycles. The van der Waals surface area contributed by atoms with Gasteiger partial charge in [0.15, 0.2) is 0 Å². The lowest BCUT2D eigenvalue weighted by Gasteiger charge is -2.31. The third-order valence-corrected chi connectivity index (χ3v) is 4.34. The van der Waals surface area contributed by atoms with E-state index in [1.54, 1.807) is 0 Å². The average molecular weight is 229 g/mol. The maximum absolute atomic E-state index is 3.53. The quantitative estimate of drug-likeness (QED) is 0.670. The number of hydrogen-bond donors (Lipinski definition) is 1. The Kier molecular flexibility index (Phi) is 7.54. The second-order valence-electron chi connectivity index (χ2n) is 4.75. The summed E-state index contributed by atoms with van der Waals surface area (Å²) in [5.74, 6) is 3.34. The van der Waals surface area contributed by atoms with Crippen molar-refractivity contribution in [1.29, 1.82) is 0 Å². The first-order valence-corrected chi connectivity index (χ1v) is 7.97. The van der Waals surface area contributed by atoms with Crippen molar-refractivity contribution in [2.45, 2.75) is 45.4 Å². The fourth-order valence-electron chi connectivity index (χ4n) is 2.75. The molecule has 0 bridgehead atoms. The van der Waals surface area contributed by atoms with Crippen LogP contribution >= 0.6 is 11.8 Å². The summed E-state index contributed by atoms with van der Waals surface area (Å²) in [5, 5.41) is 3.53. The Morgan fingerprint density at radius 1 is 1.20 bits per heavy atom. The maximum Gasteiger partial charge on any atom is -0.00180 e. The van der Waals surface area contributed by atoms with Crippen LogP contribution in [0.2, 0.25) is 0 Å². The van der Waals surface area contributed by atoms with Crippen LogP contribution in [0.15, 0.2) is 0 Å². The fourth-order valence-corrected chi connectivity index (χ4v) is 3.21. The first-order chi connectivity index (χ1) is 7.38. The number of rotatable bonds is 7. The van der Waals surface area contributed by atoms with Crippen LogP contribution in [0.1, 0.15) is 45.4 Å². The molecule has 0 aromatic heterocycles. The first kappa shape index (κ1) is 13.4. The van der Waals surface area contributed by atoms with E-state index in [1.807, 2.05) is 11.8 Å². The summed E-state index contributed by atoms with van der Waals surface area (Å²) >= 11 is 1.99. The predicted molar refractivity (Wildman–Crippen MR) is 71.6 cm³/mol. The van der Waals surface area contributed by atoms with Crippen LogP contribution in [-0.2, 0) is 0 Å². The fraction of sp³-hybridized carbons (Fsp3) is 1.00. The molecule has 1 saturated carbocycles. The lowest BCUT2D eigenvalue weighted by molar-refractivity contribution is 0.218. The molecular weight excluding hydrogens is 202 g/mol. The molecule has 1 nitrogen and oxygen atoms in total. The topological polar surface area (TPSA) is 12.0 Å². The number of thioether (sulfide) groups is 1. The van der Waals surface area contributed by atoms with E-state index in [4.69, 9.17) is 0 Å². The van der Waals surface area contributed by atoms with E-state index in [-0.39, 0.29) is 0 Å². The van der Waals surface area contributed by atoms with Gasteiger partial charge in [-0.2, -0.15) is 11.8 Å². The van der Waals surface area contributed by atoms with Gasteiger partial charge in [-0.3, -0.25) is 0 Å². The van der Waals surface area contributed by atoms with Crippen molar-refractivity contribution in [2.75, 3.05) is 25.1 Å². The minimum atomic E-state index is 0.973. The Morgan fingerprint density at radius 2 is 1.93 bits per heavy atom. The number of hydrogen-bond acceptors (Lipinski definition) is 2. The van der Waals surface area contributed by atoms with Gasteiger partial charge in [0.2, 0.25) is 0 Å². The zero-order valence-electron chi connectivity index (χ0n) is 10.4. The summed E-state index contributed by atoms with van der Waals surface area (Å²) in [5.41, 5.74) is 0. The molecular formula is C13H27NS. The third-order valence-electron chi connectivity index (χ3n) is 3.65. The van der Waals surface area contributed by atoms with Gasteiger partial charge in [-0.1, -0.05) is 26.2 Å². The average Bonchev–Trinajstić information content (AvgIpc) is 2.28. The van der Waals surface area contributed by atoms with Crippen molar-refractivity contribution in [2.24, 2.45) is 11.8 Å². The Morgan fingerprint density at radius 3 is 2.60 bits per heavy atom. The van der Waals surface area contributed by atoms with Crippen LogP contribution in [0.4, 0.5) is 0 Å². The van der Waals surface area contributed by atoms with Crippen molar-refractivity contribution in [3.63, 3.8) is 0 Å². The van der Waals surface area contributed by atoms with Crippen molar-refractivity contribution in [3.05, 3.63) is 0 Å². The molecule has 1 rings (SSSR count). The summed E-state index contributed by atoms with van der Waals surface area (Å²) < 4.78 is 0. The van der Waals surface area contributed by atoms with Gasteiger partial charge in [-0.05, 0) is 56.2 Å². The van der Waals surface area contributed by atoms with Crippen LogP contribution < -0.4 is 5.32 Å². The van der Waals surface area contributed by atoms with Gasteiger partial charge in [-0.15, -0.1) is 0 Å². The normalized spacial score (nSPS) is 26.8. The van der Waals surface area contributed by atoms with Gasteiger partial charge in [0.05, 0.1) is 0 Å². The highest BCUT2D eigenvalue weighted by Crippen LogP contribution is 2.33. The molecule has 0 spiro atoms. The van der Waals surface area contributed by atoms with E-state index in [1.165, 1.54) is 50.8 Å². The molecule has 2 unspecified atom stereocenters. The highest BCUT2D eigenvalue weighted by Gasteiger charge is 2.23. The number of nitrogens with one attached hydrogen (secondary N) is 1. The van der Waals surface area contributed by atoms with Gasteiger partial charge < -0.3 is 5.32 Å². The monoisotopic (exact) mass is 229 g/mol. The molecule has 15 heavy (non-hydrogen) atoms. The van der Waals surface area contributed by atoms with Crippen molar-refractivity contribution < 1.29 is 0 Å². The molecule has 1 fully saturated rings. The van der Waals surface area contributed by atoms with Crippen LogP contribution in [-0.4, -0.2) is 25.1 Å². The Labute approximate surface area is 99.8 Å². The first-order valence-electron chi connectivity index (χ1n) is 6.58. The van der Waals surface area contributed by atoms with Gasteiger partial charge in [-0.25, -0.2) is 0 Å². The standard InChI is InChI=1S/C13H27NS/c1-3-14-11-13-8-5-4-7-12(13)9-6-10-15-2/h12-14H,3-11H2,1-2H3. The van der Waals surface area contributed by atoms with Crippen molar-refractivity contribution in [3.8, 4) is 0 Å². The van der Waals surface area contributed by atoms with Crippen LogP contribution in [0.5, 0.6) is 0 Å². The lowest BCUT2D eigenvalue weighted by atomic mass is 9.77. The molecule has 1 aliphatic rings. The zero-order chi connectivity index (χ0) is 10.9. The van der Waals surface area contributed by atoms with Gasteiger partial charge in [0, 0.05) is 0 Å². The Hall–Kier alpha value is 0.310. The van der Waals surface area contributed by atoms with Crippen LogP contribution in [0.25, 0.3) is 0 Å². The van der Waals surface area contributed by atoms with Gasteiger partial charge >= 0.3 is 0 Å². The highest BCUT2D eigenvalue weighted by molar-refractivity contribution is 7.98. The molecule has 2 atom stereocenters.